The Morgan fingerprint density at radius 2 is 1.85 bits per heavy atom. The zero-order valence-electron chi connectivity index (χ0n) is 22.7. The highest BCUT2D eigenvalue weighted by Crippen LogP contribution is 2.36. The number of allylic oxidation sites excluding steroid dienone is 1. The third-order valence-electron chi connectivity index (χ3n) is 6.13. The number of non-ortho nitro benzene ring substituents is 1. The summed E-state index contributed by atoms with van der Waals surface area (Å²) in [5.41, 5.74) is 2.04. The van der Waals surface area contributed by atoms with Crippen LogP contribution in [-0.2, 0) is 14.3 Å². The van der Waals surface area contributed by atoms with Crippen molar-refractivity contribution in [3.05, 3.63) is 74.8 Å². The lowest BCUT2D eigenvalue weighted by Gasteiger charge is -2.23. The fourth-order valence-corrected chi connectivity index (χ4v) is 4.18. The normalized spacial score (nSPS) is 15.3. The van der Waals surface area contributed by atoms with E-state index in [0.717, 1.165) is 31.5 Å². The standard InChI is InChI=1S/C27H31ClN6O6/c1-5-33(12-6-7-13-35)18-8-11-22(25(15-18)38-2)30-32-24-17-26(39-3)23(16-27(24)40-4)31-29-21-10-9-19(34(36)37)14-20(21)28/h8-11,13-16,24H,5-7,12,17H2,1-4H3/b31-29+,32-30+. The first-order valence-corrected chi connectivity index (χ1v) is 12.9. The third-order valence-corrected chi connectivity index (χ3v) is 6.43. The van der Waals surface area contributed by atoms with Crippen molar-refractivity contribution in [2.24, 2.45) is 20.5 Å². The molecule has 0 aromatic heterocycles. The number of hydrogen-bond donors (Lipinski definition) is 0. The number of anilines is 1. The molecule has 0 aliphatic heterocycles. The largest absolute Gasteiger partial charge is 0.499 e. The number of azo groups is 2. The summed E-state index contributed by atoms with van der Waals surface area (Å²) in [6.45, 7) is 3.60. The highest BCUT2D eigenvalue weighted by molar-refractivity contribution is 6.33. The minimum Gasteiger partial charge on any atom is -0.499 e. The van der Waals surface area contributed by atoms with Crippen LogP contribution in [0.5, 0.6) is 5.75 Å². The van der Waals surface area contributed by atoms with Crippen molar-refractivity contribution in [3.63, 3.8) is 0 Å². The van der Waals surface area contributed by atoms with E-state index in [2.05, 4.69) is 32.3 Å². The molecule has 1 atom stereocenters. The van der Waals surface area contributed by atoms with E-state index >= 15 is 0 Å². The van der Waals surface area contributed by atoms with E-state index in [-0.39, 0.29) is 16.4 Å². The van der Waals surface area contributed by atoms with E-state index in [4.69, 9.17) is 25.8 Å². The summed E-state index contributed by atoms with van der Waals surface area (Å²) in [7, 11) is 4.61. The highest BCUT2D eigenvalue weighted by atomic mass is 35.5. The van der Waals surface area contributed by atoms with Gasteiger partial charge < -0.3 is 23.9 Å². The number of unbranched alkanes of at least 4 members (excludes halogenated alkanes) is 1. The number of halogens is 1. The first kappa shape index (κ1) is 30.2. The van der Waals surface area contributed by atoms with Crippen LogP contribution in [0.15, 0.2) is 80.1 Å². The van der Waals surface area contributed by atoms with E-state index in [1.165, 1.54) is 32.4 Å². The lowest BCUT2D eigenvalue weighted by atomic mass is 10.0. The number of nitro groups is 1. The van der Waals surface area contributed by atoms with E-state index < -0.39 is 11.0 Å². The van der Waals surface area contributed by atoms with Crippen molar-refractivity contribution in [1.82, 2.24) is 0 Å². The molecule has 1 unspecified atom stereocenters. The number of hydrogen-bond acceptors (Lipinski definition) is 11. The van der Waals surface area contributed by atoms with E-state index in [0.29, 0.717) is 41.5 Å². The van der Waals surface area contributed by atoms with Crippen molar-refractivity contribution in [3.8, 4) is 5.75 Å². The van der Waals surface area contributed by atoms with Gasteiger partial charge in [0.25, 0.3) is 5.69 Å². The molecule has 212 valence electrons. The Hall–Kier alpha value is -4.32. The molecular formula is C27H31ClN6O6. The second-order valence-corrected chi connectivity index (χ2v) is 8.94. The Kier molecular flexibility index (Phi) is 11.1. The number of benzene rings is 2. The molecule has 0 radical (unpaired) electrons. The van der Waals surface area contributed by atoms with E-state index in [1.54, 1.807) is 13.2 Å². The van der Waals surface area contributed by atoms with Gasteiger partial charge >= 0.3 is 0 Å². The van der Waals surface area contributed by atoms with Crippen molar-refractivity contribution in [2.75, 3.05) is 39.3 Å². The van der Waals surface area contributed by atoms with Crippen molar-refractivity contribution in [1.29, 1.82) is 0 Å². The molecule has 0 fully saturated rings. The van der Waals surface area contributed by atoms with Gasteiger partial charge in [-0.2, -0.15) is 10.2 Å². The molecule has 0 saturated carbocycles. The monoisotopic (exact) mass is 570 g/mol. The third kappa shape index (κ3) is 7.63. The van der Waals surface area contributed by atoms with E-state index in [1.807, 2.05) is 18.2 Å². The molecule has 13 heteroatoms. The second-order valence-electron chi connectivity index (χ2n) is 8.54. The maximum atomic E-state index is 10.9. The number of methoxy groups -OCH3 is 3. The number of aldehydes is 1. The molecule has 2 aromatic carbocycles. The molecule has 1 aliphatic rings. The number of ether oxygens (including phenoxy) is 3. The van der Waals surface area contributed by atoms with Crippen molar-refractivity contribution >= 4 is 40.6 Å². The Labute approximate surface area is 237 Å². The van der Waals surface area contributed by atoms with Gasteiger partial charge in [0.2, 0.25) is 0 Å². The summed E-state index contributed by atoms with van der Waals surface area (Å²) in [4.78, 5) is 23.2. The fourth-order valence-electron chi connectivity index (χ4n) is 3.97. The summed E-state index contributed by atoms with van der Waals surface area (Å²) < 4.78 is 16.7. The van der Waals surface area contributed by atoms with Gasteiger partial charge in [-0.25, -0.2) is 0 Å². The first-order chi connectivity index (χ1) is 19.3. The first-order valence-electron chi connectivity index (χ1n) is 12.5. The maximum absolute atomic E-state index is 10.9. The van der Waals surface area contributed by atoms with Gasteiger partial charge in [0.05, 0.1) is 31.3 Å². The predicted molar refractivity (Wildman–Crippen MR) is 151 cm³/mol. The summed E-state index contributed by atoms with van der Waals surface area (Å²) in [5, 5.41) is 28.3. The van der Waals surface area contributed by atoms with Crippen LogP contribution in [0, 0.1) is 10.1 Å². The number of rotatable bonds is 14. The Bertz CT molecular complexity index is 1340. The molecule has 12 nitrogen and oxygen atoms in total. The summed E-state index contributed by atoms with van der Waals surface area (Å²) in [6, 6.07) is 9.12. The number of nitro benzene ring substituents is 1. The Morgan fingerprint density at radius 3 is 2.48 bits per heavy atom. The van der Waals surface area contributed by atoms with Crippen LogP contribution < -0.4 is 9.64 Å². The summed E-state index contributed by atoms with van der Waals surface area (Å²) in [6.07, 6.45) is 4.17. The Morgan fingerprint density at radius 1 is 1.07 bits per heavy atom. The van der Waals surface area contributed by atoms with Crippen LogP contribution >= 0.6 is 11.6 Å². The van der Waals surface area contributed by atoms with Gasteiger partial charge in [-0.1, -0.05) is 11.6 Å². The van der Waals surface area contributed by atoms with E-state index in [9.17, 15) is 14.9 Å². The SMILES string of the molecule is CCN(CCCC=O)c1ccc(/N=N/C2CC(OC)=C(/N=N/c3ccc([N+](=O)[O-])cc3Cl)C=C2OC)c(OC)c1. The van der Waals surface area contributed by atoms with Crippen LogP contribution in [0.25, 0.3) is 0 Å². The summed E-state index contributed by atoms with van der Waals surface area (Å²) in [5.74, 6) is 1.56. The molecule has 0 saturated heterocycles. The molecule has 0 bridgehead atoms. The molecule has 40 heavy (non-hydrogen) atoms. The van der Waals surface area contributed by atoms with Gasteiger partial charge in [0.15, 0.2) is 0 Å². The molecule has 0 N–H and O–H groups in total. The predicted octanol–water partition coefficient (Wildman–Crippen LogP) is 7.09. The quantitative estimate of drug-likeness (QED) is 0.0775. The average molecular weight is 571 g/mol. The van der Waals surface area contributed by atoms with Crippen LogP contribution in [0.2, 0.25) is 5.02 Å². The number of nitrogens with zero attached hydrogens (tertiary/aromatic N) is 6. The number of carbonyl (C=O) groups is 1. The van der Waals surface area contributed by atoms with Crippen LogP contribution in [0.4, 0.5) is 22.7 Å². The van der Waals surface area contributed by atoms with Crippen molar-refractivity contribution in [2.45, 2.75) is 32.2 Å². The lowest BCUT2D eigenvalue weighted by molar-refractivity contribution is -0.384. The minimum absolute atomic E-state index is 0.0962. The lowest BCUT2D eigenvalue weighted by Crippen LogP contribution is -2.23. The topological polar surface area (TPSA) is 141 Å². The molecule has 0 amide bonds. The van der Waals surface area contributed by atoms with Gasteiger partial charge in [-0.3, -0.25) is 10.1 Å². The van der Waals surface area contributed by atoms with Gasteiger partial charge in [-0.15, -0.1) is 10.2 Å². The van der Waals surface area contributed by atoms with Crippen molar-refractivity contribution < 1.29 is 23.9 Å². The highest BCUT2D eigenvalue weighted by Gasteiger charge is 2.26. The maximum Gasteiger partial charge on any atom is 0.271 e. The molecule has 0 heterocycles. The van der Waals surface area contributed by atoms with Crippen LogP contribution in [0.1, 0.15) is 26.2 Å². The molecule has 0 spiro atoms. The van der Waals surface area contributed by atoms with Gasteiger partial charge in [-0.05, 0) is 31.5 Å². The molecule has 2 aromatic rings. The fraction of sp³-hybridized carbons (Fsp3) is 0.370. The smallest absolute Gasteiger partial charge is 0.271 e. The average Bonchev–Trinajstić information content (AvgIpc) is 2.97. The van der Waals surface area contributed by atoms with Crippen LogP contribution in [-0.4, -0.2) is 51.7 Å². The summed E-state index contributed by atoms with van der Waals surface area (Å²) >= 11 is 6.13. The Balaban J connectivity index is 1.81. The van der Waals surface area contributed by atoms with Gasteiger partial charge in [0, 0.05) is 55.9 Å². The molecular weight excluding hydrogens is 540 g/mol. The molecule has 3 rings (SSSR count). The molecule has 1 aliphatic carbocycles. The zero-order valence-corrected chi connectivity index (χ0v) is 23.5. The van der Waals surface area contributed by atoms with Gasteiger partial charge in [0.1, 0.15) is 46.7 Å². The zero-order chi connectivity index (χ0) is 29.1. The minimum atomic E-state index is -0.538. The van der Waals surface area contributed by atoms with Crippen LogP contribution in [0.3, 0.4) is 0 Å². The number of carbonyl (C=O) groups excluding carboxylic acids is 1. The second kappa shape index (κ2) is 14.7.